The molecule has 0 heterocycles. The molecule has 6 aromatic rings. The summed E-state index contributed by atoms with van der Waals surface area (Å²) in [4.78, 5) is 0. The maximum Gasteiger partial charge on any atom is -1.00 e. The van der Waals surface area contributed by atoms with Crippen LogP contribution in [0.25, 0.3) is 43.8 Å². The fraction of sp³-hybridized carbons (Fsp3) is 0.400. The van der Waals surface area contributed by atoms with Gasteiger partial charge in [0.15, 0.2) is 0 Å². The van der Waals surface area contributed by atoms with E-state index in [1.165, 1.54) is 141 Å². The molecule has 0 radical (unpaired) electrons. The fourth-order valence-electron chi connectivity index (χ4n) is 9.09. The minimum absolute atomic E-state index is 0. The van der Waals surface area contributed by atoms with Crippen LogP contribution in [0.2, 0.25) is 13.1 Å². The van der Waals surface area contributed by atoms with Crippen molar-refractivity contribution in [2.24, 2.45) is 10.8 Å². The average Bonchev–Trinajstić information content (AvgIpc) is 3.67. The Morgan fingerprint density at radius 2 is 0.889 bits per heavy atom. The van der Waals surface area contributed by atoms with Crippen molar-refractivity contribution >= 4 is 27.0 Å². The molecular formula is C50H60Cl2SiZr-2. The van der Waals surface area contributed by atoms with Gasteiger partial charge < -0.3 is 24.8 Å². The van der Waals surface area contributed by atoms with E-state index in [9.17, 15) is 0 Å². The van der Waals surface area contributed by atoms with E-state index in [2.05, 4.69) is 152 Å². The normalized spacial score (nSPS) is 15.0. The molecule has 6 aromatic carbocycles. The molecule has 0 amide bonds. The molecule has 0 aliphatic heterocycles. The Balaban J connectivity index is 0.000000212. The third-order valence-corrected chi connectivity index (χ3v) is 12.2. The molecule has 4 heteroatoms. The molecule has 2 aliphatic rings. The maximum atomic E-state index is 2.46. The van der Waals surface area contributed by atoms with Gasteiger partial charge in [0, 0.05) is 0 Å². The van der Waals surface area contributed by atoms with Crippen LogP contribution in [0.3, 0.4) is 0 Å². The van der Waals surface area contributed by atoms with Crippen molar-refractivity contribution in [1.29, 1.82) is 0 Å². The van der Waals surface area contributed by atoms with E-state index in [1.807, 2.05) is 0 Å². The predicted octanol–water partition coefficient (Wildman–Crippen LogP) is 8.72. The van der Waals surface area contributed by atoms with Gasteiger partial charge in [-0.2, -0.15) is 12.1 Å². The summed E-state index contributed by atoms with van der Waals surface area (Å²) in [6.07, 6.45) is 13.6. The Kier molecular flexibility index (Phi) is 15.9. The monoisotopic (exact) mass is 848 g/mol. The topological polar surface area (TPSA) is 0 Å². The quantitative estimate of drug-likeness (QED) is 0.106. The van der Waals surface area contributed by atoms with Gasteiger partial charge in [-0.3, -0.25) is 0 Å². The Labute approximate surface area is 354 Å². The third-order valence-electron chi connectivity index (χ3n) is 12.2. The van der Waals surface area contributed by atoms with Crippen LogP contribution in [0.4, 0.5) is 0 Å². The van der Waals surface area contributed by atoms with E-state index < -0.39 is 0 Å². The second kappa shape index (κ2) is 19.3. The van der Waals surface area contributed by atoms with Gasteiger partial charge in [0.2, 0.25) is 0 Å². The van der Waals surface area contributed by atoms with Crippen LogP contribution in [-0.2, 0) is 36.2 Å². The summed E-state index contributed by atoms with van der Waals surface area (Å²) in [5.41, 5.74) is 15.3. The molecule has 8 rings (SSSR count). The summed E-state index contributed by atoms with van der Waals surface area (Å²) in [6, 6.07) is 37.0. The SMILES string of the molecule is CCC1(Cc2cc3c(-c4cc(C)cc(C)c4)cccc3[cH-]2)CCC1.CCC1(Cc2cc3c(-c4cc(C)cc(C)c4)cccc3[cH-]2)CCC1.C[Si](C)=[Zr+2].[Cl-].[Cl-]. The maximum absolute atomic E-state index is 2.46. The standard InChI is InChI=1S/2C24H27.C2H6Si.2ClH.Zr/c2*1-4-24(9-6-10-24)16-19-14-20-7-5-8-22(23(20)15-19)21-12-17(2)11-18(3)13-21;1-3-2;;;/h2*5,7-8,11-15H,4,6,9-10,16H2,1-3H3;1-2H3;2*1H;/q2*-1;;;;+2/p-2. The van der Waals surface area contributed by atoms with Crippen molar-refractivity contribution in [2.75, 3.05) is 0 Å². The molecule has 0 saturated heterocycles. The van der Waals surface area contributed by atoms with Crippen LogP contribution in [0.15, 0.2) is 97.1 Å². The van der Waals surface area contributed by atoms with E-state index >= 15 is 0 Å². The molecule has 0 nitrogen and oxygen atoms in total. The molecule has 284 valence electrons. The van der Waals surface area contributed by atoms with Crippen molar-refractivity contribution < 1.29 is 48.1 Å². The first-order valence-corrected chi connectivity index (χ1v) is 26.1. The second-order valence-electron chi connectivity index (χ2n) is 16.9. The zero-order chi connectivity index (χ0) is 37.0. The van der Waals surface area contributed by atoms with Crippen LogP contribution in [0, 0.1) is 38.5 Å². The molecule has 0 bridgehead atoms. The number of hydrogen-bond acceptors (Lipinski definition) is 0. The smallest absolute Gasteiger partial charge is 1.00 e. The van der Waals surface area contributed by atoms with Gasteiger partial charge in [0.25, 0.3) is 0 Å². The number of aryl methyl sites for hydroxylation is 4. The van der Waals surface area contributed by atoms with Crippen LogP contribution in [0.1, 0.15) is 98.6 Å². The molecule has 0 unspecified atom stereocenters. The number of halogens is 2. The summed E-state index contributed by atoms with van der Waals surface area (Å²) in [6.45, 7) is 18.1. The first-order chi connectivity index (χ1) is 24.9. The Morgan fingerprint density at radius 3 is 1.17 bits per heavy atom. The first kappa shape index (κ1) is 44.5. The van der Waals surface area contributed by atoms with E-state index in [0.717, 1.165) is 0 Å². The molecule has 2 aliphatic carbocycles. The zero-order valence-corrected chi connectivity index (χ0v) is 39.0. The van der Waals surface area contributed by atoms with Crippen molar-refractivity contribution in [1.82, 2.24) is 0 Å². The van der Waals surface area contributed by atoms with Crippen molar-refractivity contribution in [3.05, 3.63) is 130 Å². The zero-order valence-electron chi connectivity index (χ0n) is 34.1. The van der Waals surface area contributed by atoms with Gasteiger partial charge in [-0.15, -0.1) is 69.1 Å². The first-order valence-electron chi connectivity index (χ1n) is 20.0. The molecule has 2 fully saturated rings. The summed E-state index contributed by atoms with van der Waals surface area (Å²) in [7, 11) is 0. The van der Waals surface area contributed by atoms with E-state index in [0.29, 0.717) is 10.8 Å². The summed E-state index contributed by atoms with van der Waals surface area (Å²) >= 11 is 1.74. The fourth-order valence-corrected chi connectivity index (χ4v) is 9.09. The van der Waals surface area contributed by atoms with Gasteiger partial charge in [-0.05, 0) is 88.2 Å². The van der Waals surface area contributed by atoms with Gasteiger partial charge >= 0.3 is 41.9 Å². The average molecular weight is 851 g/mol. The molecule has 0 N–H and O–H groups in total. The summed E-state index contributed by atoms with van der Waals surface area (Å²) in [5, 5.41) is 5.63. The Morgan fingerprint density at radius 1 is 0.556 bits per heavy atom. The van der Waals surface area contributed by atoms with Crippen LogP contribution < -0.4 is 24.8 Å². The third kappa shape index (κ3) is 10.6. The van der Waals surface area contributed by atoms with Crippen LogP contribution in [-0.4, -0.2) is 5.43 Å². The molecule has 0 aromatic heterocycles. The largest absolute Gasteiger partial charge is 1.00 e. The predicted molar refractivity (Wildman–Crippen MR) is 227 cm³/mol. The minimum Gasteiger partial charge on any atom is -1.00 e. The summed E-state index contributed by atoms with van der Waals surface area (Å²) in [5.74, 6) is 0. The molecule has 0 spiro atoms. The number of fused-ring (bicyclic) bond motifs is 2. The molecule has 0 atom stereocenters. The Hall–Kier alpha value is -2.22. The van der Waals surface area contributed by atoms with Gasteiger partial charge in [-0.1, -0.05) is 121 Å². The van der Waals surface area contributed by atoms with E-state index in [4.69, 9.17) is 0 Å². The van der Waals surface area contributed by atoms with Gasteiger partial charge in [0.1, 0.15) is 0 Å². The second-order valence-corrected chi connectivity index (χ2v) is 26.2. The Bertz CT molecular complexity index is 1970. The molecular weight excluding hydrogens is 791 g/mol. The van der Waals surface area contributed by atoms with Crippen molar-refractivity contribution in [2.45, 2.75) is 119 Å². The number of hydrogen-bond donors (Lipinski definition) is 0. The van der Waals surface area contributed by atoms with E-state index in [1.54, 1.807) is 23.3 Å². The van der Waals surface area contributed by atoms with Crippen LogP contribution in [0.5, 0.6) is 0 Å². The number of benzene rings is 4. The number of rotatable bonds is 8. The van der Waals surface area contributed by atoms with E-state index in [-0.39, 0.29) is 30.2 Å². The minimum atomic E-state index is 0. The van der Waals surface area contributed by atoms with Crippen molar-refractivity contribution in [3.8, 4) is 22.3 Å². The van der Waals surface area contributed by atoms with Crippen molar-refractivity contribution in [3.63, 3.8) is 0 Å². The van der Waals surface area contributed by atoms with Gasteiger partial charge in [-0.25, -0.2) is 0 Å². The molecule has 54 heavy (non-hydrogen) atoms. The molecule has 2 saturated carbocycles. The van der Waals surface area contributed by atoms with Gasteiger partial charge in [0.05, 0.1) is 0 Å². The summed E-state index contributed by atoms with van der Waals surface area (Å²) < 4.78 is 0. The van der Waals surface area contributed by atoms with Crippen LogP contribution >= 0.6 is 0 Å².